The van der Waals surface area contributed by atoms with Gasteiger partial charge in [-0.05, 0) is 61.2 Å². The molecule has 1 aromatic heterocycles. The minimum absolute atomic E-state index is 0.0550. The van der Waals surface area contributed by atoms with Crippen LogP contribution in [0.5, 0.6) is 0 Å². The summed E-state index contributed by atoms with van der Waals surface area (Å²) < 4.78 is 18.3. The molecule has 0 saturated carbocycles. The number of hydrogen-bond donors (Lipinski definition) is 1. The molecule has 2 heterocycles. The normalized spacial score (nSPS) is 15.1. The molecule has 3 aromatic rings. The van der Waals surface area contributed by atoms with Crippen LogP contribution in [-0.2, 0) is 17.8 Å². The Morgan fingerprint density at radius 2 is 1.84 bits per heavy atom. The molecule has 0 unspecified atom stereocenters. The minimum atomic E-state index is -0.212. The zero-order valence-electron chi connectivity index (χ0n) is 17.8. The SMILES string of the molecule is O=C(CCCc1nc(-c2ccc(Cl)cc2)no1)NC1CCN(Cc2ccc(F)cc2)CC1. The van der Waals surface area contributed by atoms with Crippen LogP contribution in [0.15, 0.2) is 53.1 Å². The van der Waals surface area contributed by atoms with E-state index in [4.69, 9.17) is 16.1 Å². The van der Waals surface area contributed by atoms with Crippen LogP contribution in [0.1, 0.15) is 37.1 Å². The summed E-state index contributed by atoms with van der Waals surface area (Å²) in [6.07, 6.45) is 3.47. The Labute approximate surface area is 191 Å². The van der Waals surface area contributed by atoms with Crippen LogP contribution in [0.4, 0.5) is 4.39 Å². The number of carbonyl (C=O) groups is 1. The summed E-state index contributed by atoms with van der Waals surface area (Å²) in [6, 6.07) is 14.1. The summed E-state index contributed by atoms with van der Waals surface area (Å²) in [7, 11) is 0. The van der Waals surface area contributed by atoms with Gasteiger partial charge in [-0.1, -0.05) is 28.9 Å². The molecule has 1 N–H and O–H groups in total. The highest BCUT2D eigenvalue weighted by Gasteiger charge is 2.20. The summed E-state index contributed by atoms with van der Waals surface area (Å²) in [5.74, 6) is 0.890. The molecule has 2 aromatic carbocycles. The Hall–Kier alpha value is -2.77. The number of carbonyl (C=O) groups excluding carboxylic acids is 1. The molecule has 32 heavy (non-hydrogen) atoms. The second-order valence-electron chi connectivity index (χ2n) is 8.12. The van der Waals surface area contributed by atoms with Crippen molar-refractivity contribution in [2.45, 2.75) is 44.7 Å². The topological polar surface area (TPSA) is 71.3 Å². The summed E-state index contributed by atoms with van der Waals surface area (Å²) in [5.41, 5.74) is 1.95. The summed E-state index contributed by atoms with van der Waals surface area (Å²) in [6.45, 7) is 2.64. The number of nitrogens with zero attached hydrogens (tertiary/aromatic N) is 3. The van der Waals surface area contributed by atoms with Crippen LogP contribution in [0.25, 0.3) is 11.4 Å². The minimum Gasteiger partial charge on any atom is -0.353 e. The molecule has 0 spiro atoms. The Morgan fingerprint density at radius 1 is 1.12 bits per heavy atom. The average Bonchev–Trinajstić information content (AvgIpc) is 3.26. The lowest BCUT2D eigenvalue weighted by molar-refractivity contribution is -0.122. The highest BCUT2D eigenvalue weighted by atomic mass is 35.5. The number of hydrogen-bond acceptors (Lipinski definition) is 5. The van der Waals surface area contributed by atoms with Gasteiger partial charge in [0.2, 0.25) is 17.6 Å². The van der Waals surface area contributed by atoms with Crippen molar-refractivity contribution in [3.63, 3.8) is 0 Å². The molecule has 168 valence electrons. The van der Waals surface area contributed by atoms with Crippen LogP contribution >= 0.6 is 11.6 Å². The standard InChI is InChI=1S/C24H26ClFN4O2/c25-19-8-6-18(7-9-19)24-28-23(32-29-24)3-1-2-22(31)27-21-12-14-30(15-13-21)16-17-4-10-20(26)11-5-17/h4-11,21H,1-3,12-16H2,(H,27,31). The van der Waals surface area contributed by atoms with Gasteiger partial charge in [-0.15, -0.1) is 0 Å². The van der Waals surface area contributed by atoms with Gasteiger partial charge in [-0.3, -0.25) is 9.69 Å². The van der Waals surface area contributed by atoms with E-state index in [1.807, 2.05) is 24.3 Å². The van der Waals surface area contributed by atoms with Gasteiger partial charge in [0.05, 0.1) is 0 Å². The third-order valence-electron chi connectivity index (χ3n) is 5.64. The molecule has 1 saturated heterocycles. The lowest BCUT2D eigenvalue weighted by Crippen LogP contribution is -2.44. The molecule has 0 atom stereocenters. The molecule has 0 radical (unpaired) electrons. The Kier molecular flexibility index (Phi) is 7.50. The fraction of sp³-hybridized carbons (Fsp3) is 0.375. The first kappa shape index (κ1) is 22.4. The zero-order chi connectivity index (χ0) is 22.3. The quantitative estimate of drug-likeness (QED) is 0.535. The number of halogens is 2. The van der Waals surface area contributed by atoms with E-state index in [0.717, 1.165) is 43.6 Å². The first-order valence-corrected chi connectivity index (χ1v) is 11.3. The zero-order valence-corrected chi connectivity index (χ0v) is 18.5. The summed E-state index contributed by atoms with van der Waals surface area (Å²) >= 11 is 5.90. The lowest BCUT2D eigenvalue weighted by atomic mass is 10.0. The van der Waals surface area contributed by atoms with Gasteiger partial charge in [0.15, 0.2) is 0 Å². The number of aromatic nitrogens is 2. The molecule has 1 fully saturated rings. The maximum Gasteiger partial charge on any atom is 0.226 e. The molecule has 4 rings (SSSR count). The second-order valence-corrected chi connectivity index (χ2v) is 8.55. The Balaban J connectivity index is 1.14. The molecule has 6 nitrogen and oxygen atoms in total. The molecular formula is C24H26ClFN4O2. The smallest absolute Gasteiger partial charge is 0.226 e. The Bertz CT molecular complexity index is 1020. The van der Waals surface area contributed by atoms with Crippen LogP contribution in [0.3, 0.4) is 0 Å². The number of piperidine rings is 1. The molecule has 1 aliphatic rings. The van der Waals surface area contributed by atoms with Crippen molar-refractivity contribution in [2.24, 2.45) is 0 Å². The first-order chi connectivity index (χ1) is 15.5. The van der Waals surface area contributed by atoms with E-state index < -0.39 is 0 Å². The van der Waals surface area contributed by atoms with Crippen LogP contribution < -0.4 is 5.32 Å². The number of amides is 1. The monoisotopic (exact) mass is 456 g/mol. The van der Waals surface area contributed by atoms with Crippen LogP contribution in [0, 0.1) is 5.82 Å². The maximum absolute atomic E-state index is 13.0. The Morgan fingerprint density at radius 3 is 2.56 bits per heavy atom. The third kappa shape index (κ3) is 6.37. The second kappa shape index (κ2) is 10.7. The molecule has 0 aliphatic carbocycles. The predicted octanol–water partition coefficient (Wildman–Crippen LogP) is 4.63. The number of rotatable bonds is 8. The van der Waals surface area contributed by atoms with Gasteiger partial charge in [-0.25, -0.2) is 4.39 Å². The van der Waals surface area contributed by atoms with Crippen molar-refractivity contribution in [3.8, 4) is 11.4 Å². The fourth-order valence-electron chi connectivity index (χ4n) is 3.86. The first-order valence-electron chi connectivity index (χ1n) is 10.9. The van der Waals surface area contributed by atoms with Gasteiger partial charge in [0.1, 0.15) is 5.82 Å². The van der Waals surface area contributed by atoms with Crippen LogP contribution in [-0.4, -0.2) is 40.1 Å². The van der Waals surface area contributed by atoms with E-state index >= 15 is 0 Å². The molecular weight excluding hydrogens is 431 g/mol. The van der Waals surface area contributed by atoms with Gasteiger partial charge in [0.25, 0.3) is 0 Å². The van der Waals surface area contributed by atoms with Crippen molar-refractivity contribution >= 4 is 17.5 Å². The van der Waals surface area contributed by atoms with Crippen molar-refractivity contribution in [1.29, 1.82) is 0 Å². The van der Waals surface area contributed by atoms with Crippen molar-refractivity contribution in [3.05, 3.63) is 70.8 Å². The van der Waals surface area contributed by atoms with Crippen molar-refractivity contribution < 1.29 is 13.7 Å². The number of aryl methyl sites for hydroxylation is 1. The van der Waals surface area contributed by atoms with Gasteiger partial charge in [0, 0.05) is 49.1 Å². The van der Waals surface area contributed by atoms with E-state index in [-0.39, 0.29) is 17.8 Å². The van der Waals surface area contributed by atoms with E-state index in [9.17, 15) is 9.18 Å². The van der Waals surface area contributed by atoms with E-state index in [1.165, 1.54) is 12.1 Å². The van der Waals surface area contributed by atoms with Gasteiger partial charge >= 0.3 is 0 Å². The molecule has 8 heteroatoms. The van der Waals surface area contributed by atoms with Crippen molar-refractivity contribution in [2.75, 3.05) is 13.1 Å². The largest absolute Gasteiger partial charge is 0.353 e. The lowest BCUT2D eigenvalue weighted by Gasteiger charge is -2.32. The van der Waals surface area contributed by atoms with Crippen molar-refractivity contribution in [1.82, 2.24) is 20.4 Å². The molecule has 1 aliphatic heterocycles. The number of likely N-dealkylation sites (tertiary alicyclic amines) is 1. The van der Waals surface area contributed by atoms with E-state index in [1.54, 1.807) is 12.1 Å². The number of nitrogens with one attached hydrogen (secondary N) is 1. The molecule has 0 bridgehead atoms. The van der Waals surface area contributed by atoms with Gasteiger partial charge < -0.3 is 9.84 Å². The average molecular weight is 457 g/mol. The highest BCUT2D eigenvalue weighted by molar-refractivity contribution is 6.30. The highest BCUT2D eigenvalue weighted by Crippen LogP contribution is 2.19. The summed E-state index contributed by atoms with van der Waals surface area (Å²) in [5, 5.41) is 7.79. The van der Waals surface area contributed by atoms with Crippen LogP contribution in [0.2, 0.25) is 5.02 Å². The molecule has 1 amide bonds. The van der Waals surface area contributed by atoms with Gasteiger partial charge in [-0.2, -0.15) is 4.98 Å². The maximum atomic E-state index is 13.0. The fourth-order valence-corrected chi connectivity index (χ4v) is 3.98. The predicted molar refractivity (Wildman–Crippen MR) is 121 cm³/mol. The number of benzene rings is 2. The van der Waals surface area contributed by atoms with E-state index in [2.05, 4.69) is 20.4 Å². The third-order valence-corrected chi connectivity index (χ3v) is 5.89. The summed E-state index contributed by atoms with van der Waals surface area (Å²) in [4.78, 5) is 19.1. The van der Waals surface area contributed by atoms with E-state index in [0.29, 0.717) is 36.0 Å².